The summed E-state index contributed by atoms with van der Waals surface area (Å²) in [6.07, 6.45) is 0. The average Bonchev–Trinajstić information content (AvgIpc) is 2.92. The van der Waals surface area contributed by atoms with Gasteiger partial charge in [0, 0.05) is 29.6 Å². The predicted molar refractivity (Wildman–Crippen MR) is 146 cm³/mol. The van der Waals surface area contributed by atoms with Crippen LogP contribution in [-0.4, -0.2) is 19.0 Å². The highest BCUT2D eigenvalue weighted by atomic mass is 16.5. The molecule has 0 amide bonds. The first-order chi connectivity index (χ1) is 18.8. The van der Waals surface area contributed by atoms with Crippen LogP contribution in [0, 0.1) is 0 Å². The highest BCUT2D eigenvalue weighted by Gasteiger charge is 2.19. The maximum atomic E-state index is 13.0. The molecule has 0 unspecified atom stereocenters. The maximum Gasteiger partial charge on any atom is 0.343 e. The molecule has 39 heavy (non-hydrogen) atoms. The largest absolute Gasteiger partial charge is 0.497 e. The van der Waals surface area contributed by atoms with Crippen LogP contribution in [-0.2, 0) is 0 Å². The number of nitrogen functional groups attached to an aromatic ring is 2. The monoisotopic (exact) mass is 522 g/mol. The number of carbonyl (C=O) groups is 2. The van der Waals surface area contributed by atoms with E-state index in [1.807, 2.05) is 0 Å². The number of nitrogens with two attached hydrogens (primary N) is 2. The Hall–Kier alpha value is -5.57. The van der Waals surface area contributed by atoms with E-state index in [-0.39, 0.29) is 45.0 Å². The highest BCUT2D eigenvalue weighted by molar-refractivity contribution is 5.94. The van der Waals surface area contributed by atoms with Crippen LogP contribution in [0.15, 0.2) is 100 Å². The SMILES string of the molecule is COc1ccc2c(=O)cc(-c3ccc(OC(=O)c4cccc(N)c4)cc3OC(=O)c3cccc(N)c3)oc2c1. The fraction of sp³-hybridized carbons (Fsp3) is 0.0333. The number of anilines is 2. The van der Waals surface area contributed by atoms with Gasteiger partial charge in [-0.3, -0.25) is 4.79 Å². The molecule has 0 aliphatic carbocycles. The van der Waals surface area contributed by atoms with Crippen molar-refractivity contribution in [1.82, 2.24) is 0 Å². The van der Waals surface area contributed by atoms with Gasteiger partial charge in [-0.25, -0.2) is 9.59 Å². The van der Waals surface area contributed by atoms with E-state index < -0.39 is 11.9 Å². The van der Waals surface area contributed by atoms with Gasteiger partial charge < -0.3 is 30.1 Å². The summed E-state index contributed by atoms with van der Waals surface area (Å²) in [5.41, 5.74) is 13.1. The Morgan fingerprint density at radius 3 is 2.00 bits per heavy atom. The van der Waals surface area contributed by atoms with Crippen molar-refractivity contribution in [1.29, 1.82) is 0 Å². The molecule has 0 atom stereocenters. The number of esters is 2. The van der Waals surface area contributed by atoms with E-state index in [9.17, 15) is 14.4 Å². The second-order valence-electron chi connectivity index (χ2n) is 8.52. The summed E-state index contributed by atoms with van der Waals surface area (Å²) < 4.78 is 22.4. The Morgan fingerprint density at radius 2 is 1.36 bits per heavy atom. The summed E-state index contributed by atoms with van der Waals surface area (Å²) in [5, 5.41) is 0.352. The summed E-state index contributed by atoms with van der Waals surface area (Å²) in [7, 11) is 1.50. The molecule has 194 valence electrons. The first kappa shape index (κ1) is 25.1. The third-order valence-electron chi connectivity index (χ3n) is 5.81. The van der Waals surface area contributed by atoms with Gasteiger partial charge in [-0.1, -0.05) is 12.1 Å². The molecule has 0 aliphatic rings. The van der Waals surface area contributed by atoms with Crippen LogP contribution < -0.4 is 31.1 Å². The molecule has 9 nitrogen and oxygen atoms in total. The first-order valence-corrected chi connectivity index (χ1v) is 11.7. The average molecular weight is 523 g/mol. The molecule has 5 rings (SSSR count). The maximum absolute atomic E-state index is 13.0. The van der Waals surface area contributed by atoms with Gasteiger partial charge in [-0.15, -0.1) is 0 Å². The Bertz CT molecular complexity index is 1790. The number of benzene rings is 4. The number of carbonyl (C=O) groups excluding carboxylic acids is 2. The molecule has 1 aromatic heterocycles. The first-order valence-electron chi connectivity index (χ1n) is 11.7. The van der Waals surface area contributed by atoms with Gasteiger partial charge in [0.2, 0.25) is 0 Å². The molecule has 0 radical (unpaired) electrons. The molecule has 4 aromatic carbocycles. The van der Waals surface area contributed by atoms with Crippen molar-refractivity contribution in [2.24, 2.45) is 0 Å². The lowest BCUT2D eigenvalue weighted by atomic mass is 10.1. The zero-order valence-electron chi connectivity index (χ0n) is 20.7. The quantitative estimate of drug-likeness (QED) is 0.177. The lowest BCUT2D eigenvalue weighted by Crippen LogP contribution is -2.11. The molecule has 0 spiro atoms. The van der Waals surface area contributed by atoms with Crippen molar-refractivity contribution >= 4 is 34.3 Å². The van der Waals surface area contributed by atoms with Crippen LogP contribution >= 0.6 is 0 Å². The molecular weight excluding hydrogens is 500 g/mol. The molecule has 4 N–H and O–H groups in total. The van der Waals surface area contributed by atoms with Gasteiger partial charge in [0.15, 0.2) is 5.43 Å². The lowest BCUT2D eigenvalue weighted by Gasteiger charge is -2.13. The van der Waals surface area contributed by atoms with Gasteiger partial charge >= 0.3 is 11.9 Å². The lowest BCUT2D eigenvalue weighted by molar-refractivity contribution is 0.0733. The standard InChI is InChI=1S/C30H22N2O7/c1-36-21-8-10-23-25(33)16-28(38-26(23)14-21)24-11-9-22(37-29(34)17-4-2-6-19(31)12-17)15-27(24)39-30(35)18-5-3-7-20(32)13-18/h2-16H,31-32H2,1H3. The van der Waals surface area contributed by atoms with Crippen LogP contribution in [0.2, 0.25) is 0 Å². The van der Waals surface area contributed by atoms with Crippen molar-refractivity contribution in [3.8, 4) is 28.6 Å². The van der Waals surface area contributed by atoms with Crippen molar-refractivity contribution in [3.05, 3.63) is 112 Å². The normalized spacial score (nSPS) is 10.7. The van der Waals surface area contributed by atoms with E-state index in [1.165, 1.54) is 43.5 Å². The highest BCUT2D eigenvalue weighted by Crippen LogP contribution is 2.35. The van der Waals surface area contributed by atoms with Crippen molar-refractivity contribution in [2.75, 3.05) is 18.6 Å². The zero-order valence-corrected chi connectivity index (χ0v) is 20.7. The molecule has 5 aromatic rings. The topological polar surface area (TPSA) is 144 Å². The van der Waals surface area contributed by atoms with Gasteiger partial charge in [0.05, 0.1) is 29.2 Å². The van der Waals surface area contributed by atoms with E-state index in [0.717, 1.165) is 0 Å². The van der Waals surface area contributed by atoms with E-state index in [2.05, 4.69) is 0 Å². The Morgan fingerprint density at radius 1 is 0.718 bits per heavy atom. The summed E-state index contributed by atoms with van der Waals surface area (Å²) in [4.78, 5) is 38.6. The van der Waals surface area contributed by atoms with E-state index in [0.29, 0.717) is 22.5 Å². The fourth-order valence-corrected chi connectivity index (χ4v) is 3.91. The predicted octanol–water partition coefficient (Wildman–Crippen LogP) is 5.07. The van der Waals surface area contributed by atoms with Gasteiger partial charge in [0.25, 0.3) is 0 Å². The van der Waals surface area contributed by atoms with Crippen molar-refractivity contribution < 1.29 is 28.2 Å². The molecule has 9 heteroatoms. The third-order valence-corrected chi connectivity index (χ3v) is 5.81. The summed E-state index contributed by atoms with van der Waals surface area (Å²) >= 11 is 0. The van der Waals surface area contributed by atoms with Crippen LogP contribution in [0.25, 0.3) is 22.3 Å². The molecule has 0 bridgehead atoms. The number of fused-ring (bicyclic) bond motifs is 1. The summed E-state index contributed by atoms with van der Waals surface area (Å²) in [5.74, 6) is -0.665. The summed E-state index contributed by atoms with van der Waals surface area (Å²) in [6, 6.07) is 23.1. The van der Waals surface area contributed by atoms with E-state index >= 15 is 0 Å². The third kappa shape index (κ3) is 5.42. The summed E-state index contributed by atoms with van der Waals surface area (Å²) in [6.45, 7) is 0. The van der Waals surface area contributed by atoms with Crippen LogP contribution in [0.4, 0.5) is 11.4 Å². The smallest absolute Gasteiger partial charge is 0.343 e. The minimum Gasteiger partial charge on any atom is -0.497 e. The van der Waals surface area contributed by atoms with Crippen molar-refractivity contribution in [3.63, 3.8) is 0 Å². The minimum absolute atomic E-state index is 0.00861. The second kappa shape index (κ2) is 10.4. The Labute approximate surface area is 222 Å². The number of methoxy groups -OCH3 is 1. The molecule has 0 aliphatic heterocycles. The van der Waals surface area contributed by atoms with Crippen LogP contribution in [0.1, 0.15) is 20.7 Å². The Kier molecular flexibility index (Phi) is 6.71. The molecule has 0 saturated heterocycles. The fourth-order valence-electron chi connectivity index (χ4n) is 3.91. The second-order valence-corrected chi connectivity index (χ2v) is 8.52. The van der Waals surface area contributed by atoms with Crippen LogP contribution in [0.5, 0.6) is 17.2 Å². The minimum atomic E-state index is -0.715. The zero-order chi connectivity index (χ0) is 27.5. The number of hydrogen-bond acceptors (Lipinski definition) is 9. The van der Waals surface area contributed by atoms with Gasteiger partial charge in [-0.05, 0) is 60.7 Å². The number of ether oxygens (including phenoxy) is 3. The number of rotatable bonds is 6. The van der Waals surface area contributed by atoms with Gasteiger partial charge in [0.1, 0.15) is 28.6 Å². The molecule has 1 heterocycles. The Balaban J connectivity index is 1.57. The van der Waals surface area contributed by atoms with Gasteiger partial charge in [-0.2, -0.15) is 0 Å². The van der Waals surface area contributed by atoms with E-state index in [4.69, 9.17) is 30.1 Å². The molecule has 0 fully saturated rings. The van der Waals surface area contributed by atoms with E-state index in [1.54, 1.807) is 54.6 Å². The molecular formula is C30H22N2O7. The van der Waals surface area contributed by atoms with Crippen molar-refractivity contribution in [2.45, 2.75) is 0 Å². The van der Waals surface area contributed by atoms with Crippen LogP contribution in [0.3, 0.4) is 0 Å². The molecule has 0 saturated carbocycles. The number of hydrogen-bond donors (Lipinski definition) is 2.